The summed E-state index contributed by atoms with van der Waals surface area (Å²) in [6, 6.07) is 0.130. The van der Waals surface area contributed by atoms with Gasteiger partial charge in [-0.2, -0.15) is 8.78 Å². The fourth-order valence-corrected chi connectivity index (χ4v) is 1.62. The lowest BCUT2D eigenvalue weighted by Gasteiger charge is -2.17. The van der Waals surface area contributed by atoms with Gasteiger partial charge in [0.05, 0.1) is 13.7 Å². The average molecular weight is 207 g/mol. The fraction of sp³-hybridized carbons (Fsp3) is 0.889. The van der Waals surface area contributed by atoms with Gasteiger partial charge in [-0.1, -0.05) is 12.8 Å². The number of methoxy groups -OCH3 is 1. The van der Waals surface area contributed by atoms with Crippen LogP contribution in [0.1, 0.15) is 25.7 Å². The van der Waals surface area contributed by atoms with Gasteiger partial charge in [-0.25, -0.2) is 4.79 Å². The Hall–Kier alpha value is -0.710. The van der Waals surface area contributed by atoms with Crippen molar-refractivity contribution in [1.29, 1.82) is 0 Å². The Morgan fingerprint density at radius 3 is 2.57 bits per heavy atom. The van der Waals surface area contributed by atoms with Gasteiger partial charge in [0, 0.05) is 6.04 Å². The van der Waals surface area contributed by atoms with Gasteiger partial charge in [0.15, 0.2) is 0 Å². The van der Waals surface area contributed by atoms with Gasteiger partial charge in [0.1, 0.15) is 0 Å². The molecule has 0 unspecified atom stereocenters. The van der Waals surface area contributed by atoms with Crippen molar-refractivity contribution in [2.24, 2.45) is 0 Å². The van der Waals surface area contributed by atoms with Crippen LogP contribution in [0.2, 0.25) is 0 Å². The molecule has 1 aliphatic rings. The molecule has 0 aromatic heterocycles. The molecule has 1 fully saturated rings. The maximum Gasteiger partial charge on any atom is 0.378 e. The number of carbonyl (C=O) groups excluding carboxylic acids is 1. The first-order valence-corrected chi connectivity index (χ1v) is 4.76. The Labute approximate surface area is 81.8 Å². The van der Waals surface area contributed by atoms with Crippen LogP contribution in [0.5, 0.6) is 0 Å². The van der Waals surface area contributed by atoms with Crippen molar-refractivity contribution in [1.82, 2.24) is 5.32 Å². The zero-order valence-electron chi connectivity index (χ0n) is 8.19. The van der Waals surface area contributed by atoms with E-state index in [2.05, 4.69) is 10.1 Å². The Balaban J connectivity index is 2.31. The molecule has 1 N–H and O–H groups in total. The van der Waals surface area contributed by atoms with E-state index in [-0.39, 0.29) is 6.04 Å². The van der Waals surface area contributed by atoms with Crippen molar-refractivity contribution in [3.63, 3.8) is 0 Å². The summed E-state index contributed by atoms with van der Waals surface area (Å²) in [4.78, 5) is 10.6. The SMILES string of the molecule is COC(=O)C(F)(F)CNC1CCCC1. The highest BCUT2D eigenvalue weighted by Crippen LogP contribution is 2.20. The largest absolute Gasteiger partial charge is 0.465 e. The van der Waals surface area contributed by atoms with E-state index in [1.807, 2.05) is 0 Å². The molecule has 0 aromatic carbocycles. The molecule has 14 heavy (non-hydrogen) atoms. The summed E-state index contributed by atoms with van der Waals surface area (Å²) in [5.74, 6) is -4.87. The lowest BCUT2D eigenvalue weighted by atomic mass is 10.2. The number of carbonyl (C=O) groups is 1. The zero-order valence-corrected chi connectivity index (χ0v) is 8.19. The molecule has 3 nitrogen and oxygen atoms in total. The average Bonchev–Trinajstić information content (AvgIpc) is 2.66. The van der Waals surface area contributed by atoms with Crippen LogP contribution in [-0.2, 0) is 9.53 Å². The van der Waals surface area contributed by atoms with Gasteiger partial charge >= 0.3 is 11.9 Å². The topological polar surface area (TPSA) is 38.3 Å². The van der Waals surface area contributed by atoms with Crippen LogP contribution in [0.4, 0.5) is 8.78 Å². The van der Waals surface area contributed by atoms with Crippen LogP contribution in [0, 0.1) is 0 Å². The van der Waals surface area contributed by atoms with Crippen LogP contribution in [0.15, 0.2) is 0 Å². The van der Waals surface area contributed by atoms with Crippen LogP contribution in [0.25, 0.3) is 0 Å². The smallest absolute Gasteiger partial charge is 0.378 e. The lowest BCUT2D eigenvalue weighted by molar-refractivity contribution is -0.168. The van der Waals surface area contributed by atoms with Gasteiger partial charge in [0.25, 0.3) is 0 Å². The van der Waals surface area contributed by atoms with E-state index < -0.39 is 18.4 Å². The molecule has 0 bridgehead atoms. The molecule has 0 aliphatic heterocycles. The molecular weight excluding hydrogens is 192 g/mol. The number of halogens is 2. The molecule has 5 heteroatoms. The number of esters is 1. The Bertz CT molecular complexity index is 203. The van der Waals surface area contributed by atoms with Crippen LogP contribution in [-0.4, -0.2) is 31.6 Å². The number of ether oxygens (including phenoxy) is 1. The van der Waals surface area contributed by atoms with E-state index in [1.165, 1.54) is 0 Å². The minimum Gasteiger partial charge on any atom is -0.465 e. The van der Waals surface area contributed by atoms with Crippen LogP contribution < -0.4 is 5.32 Å². The number of hydrogen-bond acceptors (Lipinski definition) is 3. The standard InChI is InChI=1S/C9H15F2NO2/c1-14-8(13)9(10,11)6-12-7-4-2-3-5-7/h7,12H,2-6H2,1H3. The van der Waals surface area contributed by atoms with E-state index in [0.717, 1.165) is 32.8 Å². The van der Waals surface area contributed by atoms with Crippen LogP contribution in [0.3, 0.4) is 0 Å². The van der Waals surface area contributed by atoms with Gasteiger partial charge in [-0.05, 0) is 12.8 Å². The second kappa shape index (κ2) is 4.68. The van der Waals surface area contributed by atoms with Gasteiger partial charge in [0.2, 0.25) is 0 Å². The lowest BCUT2D eigenvalue weighted by Crippen LogP contribution is -2.43. The highest BCUT2D eigenvalue weighted by atomic mass is 19.3. The maximum atomic E-state index is 12.9. The highest BCUT2D eigenvalue weighted by molar-refractivity contribution is 5.77. The predicted octanol–water partition coefficient (Wildman–Crippen LogP) is 1.33. The third-order valence-electron chi connectivity index (χ3n) is 2.45. The van der Waals surface area contributed by atoms with E-state index in [4.69, 9.17) is 0 Å². The summed E-state index contributed by atoms with van der Waals surface area (Å²) >= 11 is 0. The van der Waals surface area contributed by atoms with Crippen molar-refractivity contribution >= 4 is 5.97 Å². The fourth-order valence-electron chi connectivity index (χ4n) is 1.62. The Kier molecular flexibility index (Phi) is 3.80. The molecule has 1 saturated carbocycles. The Morgan fingerprint density at radius 2 is 2.07 bits per heavy atom. The molecule has 1 aliphatic carbocycles. The van der Waals surface area contributed by atoms with Crippen molar-refractivity contribution in [3.05, 3.63) is 0 Å². The molecule has 0 saturated heterocycles. The third kappa shape index (κ3) is 2.90. The first-order valence-electron chi connectivity index (χ1n) is 4.76. The van der Waals surface area contributed by atoms with Gasteiger partial charge in [-0.15, -0.1) is 0 Å². The third-order valence-corrected chi connectivity index (χ3v) is 2.45. The number of nitrogens with one attached hydrogen (secondary N) is 1. The highest BCUT2D eigenvalue weighted by Gasteiger charge is 2.40. The molecule has 82 valence electrons. The Morgan fingerprint density at radius 1 is 1.50 bits per heavy atom. The molecule has 0 amide bonds. The number of rotatable bonds is 4. The molecule has 0 heterocycles. The zero-order chi connectivity index (χ0) is 10.6. The van der Waals surface area contributed by atoms with E-state index in [9.17, 15) is 13.6 Å². The van der Waals surface area contributed by atoms with Gasteiger partial charge < -0.3 is 10.1 Å². The molecule has 0 atom stereocenters. The first kappa shape index (κ1) is 11.4. The number of hydrogen-bond donors (Lipinski definition) is 1. The summed E-state index contributed by atoms with van der Waals surface area (Å²) in [6.07, 6.45) is 3.97. The van der Waals surface area contributed by atoms with Crippen molar-refractivity contribution in [2.75, 3.05) is 13.7 Å². The van der Waals surface area contributed by atoms with Gasteiger partial charge in [-0.3, -0.25) is 0 Å². The minimum absolute atomic E-state index is 0.130. The second-order valence-electron chi connectivity index (χ2n) is 3.56. The summed E-state index contributed by atoms with van der Waals surface area (Å²) < 4.78 is 29.9. The molecule has 1 rings (SSSR count). The predicted molar refractivity (Wildman–Crippen MR) is 47.2 cm³/mol. The van der Waals surface area contributed by atoms with E-state index in [1.54, 1.807) is 0 Å². The summed E-state index contributed by atoms with van der Waals surface area (Å²) in [6.45, 7) is -0.621. The van der Waals surface area contributed by atoms with Crippen molar-refractivity contribution < 1.29 is 18.3 Å². The normalized spacial score (nSPS) is 18.5. The summed E-state index contributed by atoms with van der Waals surface area (Å²) in [5, 5.41) is 2.69. The minimum atomic E-state index is -3.41. The number of alkyl halides is 2. The molecule has 0 aromatic rings. The first-order chi connectivity index (χ1) is 6.56. The van der Waals surface area contributed by atoms with Crippen molar-refractivity contribution in [3.8, 4) is 0 Å². The monoisotopic (exact) mass is 207 g/mol. The molecule has 0 spiro atoms. The van der Waals surface area contributed by atoms with E-state index in [0.29, 0.717) is 0 Å². The molecular formula is C9H15F2NO2. The van der Waals surface area contributed by atoms with E-state index >= 15 is 0 Å². The van der Waals surface area contributed by atoms with Crippen molar-refractivity contribution in [2.45, 2.75) is 37.6 Å². The molecule has 0 radical (unpaired) electrons. The quantitative estimate of drug-likeness (QED) is 0.707. The van der Waals surface area contributed by atoms with Crippen LogP contribution >= 0.6 is 0 Å². The maximum absolute atomic E-state index is 12.9. The summed E-state index contributed by atoms with van der Waals surface area (Å²) in [7, 11) is 0.964. The second-order valence-corrected chi connectivity index (χ2v) is 3.56. The summed E-state index contributed by atoms with van der Waals surface area (Å²) in [5.41, 5.74) is 0.